The summed E-state index contributed by atoms with van der Waals surface area (Å²) in [5.74, 6) is -1.01. The van der Waals surface area contributed by atoms with Crippen molar-refractivity contribution in [1.82, 2.24) is 44.5 Å². The first-order chi connectivity index (χ1) is 17.9. The van der Waals surface area contributed by atoms with E-state index in [2.05, 4.69) is 35.1 Å². The van der Waals surface area contributed by atoms with Crippen molar-refractivity contribution in [2.45, 2.75) is 25.1 Å². The van der Waals surface area contributed by atoms with Crippen LogP contribution >= 0.6 is 9.24 Å². The van der Waals surface area contributed by atoms with E-state index >= 15 is 0 Å². The molecule has 0 saturated carbocycles. The molecule has 1 N–H and O–H groups in total. The molecule has 3 atom stereocenters. The van der Waals surface area contributed by atoms with Gasteiger partial charge in [0.15, 0.2) is 5.75 Å². The van der Waals surface area contributed by atoms with Crippen LogP contribution < -0.4 is 4.74 Å². The second kappa shape index (κ2) is 9.00. The third-order valence-electron chi connectivity index (χ3n) is 5.85. The zero-order valence-electron chi connectivity index (χ0n) is 18.7. The summed E-state index contributed by atoms with van der Waals surface area (Å²) < 4.78 is 52.0. The van der Waals surface area contributed by atoms with E-state index in [0.717, 1.165) is 10.4 Å². The van der Waals surface area contributed by atoms with Gasteiger partial charge in [0.2, 0.25) is 6.04 Å². The quantitative estimate of drug-likeness (QED) is 0.331. The minimum absolute atomic E-state index is 0.0525. The number of hydrogen-bond donors (Lipinski definition) is 1. The molecule has 0 aromatic carbocycles. The number of carbonyl (C=O) groups is 1. The minimum Gasteiger partial charge on any atom is -0.433 e. The van der Waals surface area contributed by atoms with Gasteiger partial charge in [-0.2, -0.15) is 19.0 Å². The van der Waals surface area contributed by atoms with E-state index in [-0.39, 0.29) is 29.8 Å². The van der Waals surface area contributed by atoms with Gasteiger partial charge >= 0.3 is 18.4 Å². The molecule has 12 nitrogen and oxygen atoms in total. The molecule has 0 radical (unpaired) electrons. The van der Waals surface area contributed by atoms with E-state index in [1.165, 1.54) is 40.1 Å². The van der Waals surface area contributed by atoms with Gasteiger partial charge in [0.05, 0.1) is 17.7 Å². The highest BCUT2D eigenvalue weighted by Gasteiger charge is 2.38. The number of aromatic nitrogens is 8. The van der Waals surface area contributed by atoms with Gasteiger partial charge in [0, 0.05) is 31.1 Å². The van der Waals surface area contributed by atoms with Crippen molar-refractivity contribution in [2.75, 3.05) is 6.54 Å². The van der Waals surface area contributed by atoms with Crippen LogP contribution in [0.1, 0.15) is 39.8 Å². The third kappa shape index (κ3) is 4.10. The fraction of sp³-hybridized carbons (Fsp3) is 0.238. The molecule has 6 heterocycles. The molecule has 1 amide bonds. The maximum Gasteiger partial charge on any atom is 0.387 e. The first kappa shape index (κ1) is 23.2. The van der Waals surface area contributed by atoms with Crippen molar-refractivity contribution in [1.29, 1.82) is 0 Å². The summed E-state index contributed by atoms with van der Waals surface area (Å²) in [5, 5.41) is 16.3. The van der Waals surface area contributed by atoms with Crippen LogP contribution in [0.25, 0.3) is 17.1 Å². The molecule has 0 fully saturated rings. The molecule has 2 unspecified atom stereocenters. The fourth-order valence-corrected chi connectivity index (χ4v) is 4.42. The largest absolute Gasteiger partial charge is 0.433 e. The Balaban J connectivity index is 1.37. The van der Waals surface area contributed by atoms with Crippen molar-refractivity contribution >= 4 is 20.7 Å². The summed E-state index contributed by atoms with van der Waals surface area (Å²) >= 11 is 0. The second-order valence-corrected chi connectivity index (χ2v) is 8.58. The third-order valence-corrected chi connectivity index (χ3v) is 6.16. The van der Waals surface area contributed by atoms with E-state index < -0.39 is 24.6 Å². The van der Waals surface area contributed by atoms with Gasteiger partial charge in [0.25, 0.3) is 5.89 Å². The number of imidazole rings is 1. The summed E-state index contributed by atoms with van der Waals surface area (Å²) in [4.78, 5) is 22.5. The normalized spacial score (nSPS) is 16.4. The van der Waals surface area contributed by atoms with Crippen molar-refractivity contribution in [3.05, 3.63) is 66.0 Å². The molecule has 1 aliphatic rings. The predicted molar refractivity (Wildman–Crippen MR) is 122 cm³/mol. The molecule has 5 aromatic heterocycles. The van der Waals surface area contributed by atoms with Gasteiger partial charge in [-0.25, -0.2) is 18.6 Å². The Hall–Kier alpha value is -4.26. The number of nitrogens with zero attached hydrogens (tertiary/aromatic N) is 8. The number of H-pyrrole nitrogens is 1. The lowest BCUT2D eigenvalue weighted by atomic mass is 9.99. The molecule has 5 aromatic rings. The van der Waals surface area contributed by atoms with E-state index in [4.69, 9.17) is 4.42 Å². The summed E-state index contributed by atoms with van der Waals surface area (Å²) in [6, 6.07) is 3.75. The molecule has 0 bridgehead atoms. The number of pyridine rings is 1. The SMILES string of the molecule is O=C(c1nnc(-c2ccn(C(F)P)n2)o1)N1CCc2[nH]cnc2[C@@H]1c1cc2c(OC(F)F)cccn2n1. The van der Waals surface area contributed by atoms with Crippen molar-refractivity contribution < 1.29 is 27.1 Å². The Bertz CT molecular complexity index is 1590. The molecule has 37 heavy (non-hydrogen) atoms. The van der Waals surface area contributed by atoms with Gasteiger partial charge < -0.3 is 19.0 Å². The molecule has 0 aliphatic carbocycles. The second-order valence-electron chi connectivity index (χ2n) is 8.03. The predicted octanol–water partition coefficient (Wildman–Crippen LogP) is 2.99. The van der Waals surface area contributed by atoms with Gasteiger partial charge in [0.1, 0.15) is 17.3 Å². The molecule has 6 rings (SSSR count). The number of aromatic amines is 1. The van der Waals surface area contributed by atoms with Crippen LogP contribution in [-0.2, 0) is 6.42 Å². The van der Waals surface area contributed by atoms with Crippen LogP contribution in [0.15, 0.2) is 47.4 Å². The zero-order valence-corrected chi connectivity index (χ0v) is 19.9. The summed E-state index contributed by atoms with van der Waals surface area (Å²) in [7, 11) is 1.96. The lowest BCUT2D eigenvalue weighted by Crippen LogP contribution is -2.41. The number of carbonyl (C=O) groups excluding carboxylic acids is 1. The van der Waals surface area contributed by atoms with E-state index in [0.29, 0.717) is 23.3 Å². The Morgan fingerprint density at radius 3 is 2.86 bits per heavy atom. The lowest BCUT2D eigenvalue weighted by Gasteiger charge is -2.32. The highest BCUT2D eigenvalue weighted by Crippen LogP contribution is 2.35. The summed E-state index contributed by atoms with van der Waals surface area (Å²) in [6.07, 6.45) is 4.96. The number of amides is 1. The molecule has 190 valence electrons. The number of rotatable bonds is 6. The average molecular weight is 531 g/mol. The topological polar surface area (TPSA) is 132 Å². The Labute approximate surface area is 207 Å². The fourth-order valence-electron chi connectivity index (χ4n) is 4.26. The summed E-state index contributed by atoms with van der Waals surface area (Å²) in [6.45, 7) is -2.75. The highest BCUT2D eigenvalue weighted by molar-refractivity contribution is 7.16. The first-order valence-corrected chi connectivity index (χ1v) is 11.6. The number of fused-ring (bicyclic) bond motifs is 2. The van der Waals surface area contributed by atoms with Crippen LogP contribution in [0.4, 0.5) is 13.2 Å². The monoisotopic (exact) mass is 531 g/mol. The van der Waals surface area contributed by atoms with Crippen LogP contribution in [0.3, 0.4) is 0 Å². The van der Waals surface area contributed by atoms with Crippen molar-refractivity contribution in [3.63, 3.8) is 0 Å². The van der Waals surface area contributed by atoms with Gasteiger partial charge in [-0.1, -0.05) is 9.24 Å². The van der Waals surface area contributed by atoms with Crippen LogP contribution in [-0.4, -0.2) is 63.5 Å². The summed E-state index contributed by atoms with van der Waals surface area (Å²) in [5.41, 5.74) is 2.23. The molecular formula is C21H17F3N9O3P. The van der Waals surface area contributed by atoms with E-state index in [1.54, 1.807) is 12.3 Å². The molecule has 0 saturated heterocycles. The van der Waals surface area contributed by atoms with Crippen molar-refractivity contribution in [2.24, 2.45) is 0 Å². The maximum absolute atomic E-state index is 13.5. The Kier molecular flexibility index (Phi) is 5.63. The van der Waals surface area contributed by atoms with Gasteiger partial charge in [-0.05, 0) is 24.3 Å². The Morgan fingerprint density at radius 2 is 2.08 bits per heavy atom. The number of hydrogen-bond acceptors (Lipinski definition) is 8. The lowest BCUT2D eigenvalue weighted by molar-refractivity contribution is -0.0490. The number of ether oxygens (including phenoxy) is 1. The molecular weight excluding hydrogens is 514 g/mol. The number of halogens is 3. The molecule has 16 heteroatoms. The zero-order chi connectivity index (χ0) is 25.7. The smallest absolute Gasteiger partial charge is 0.387 e. The van der Waals surface area contributed by atoms with E-state index in [9.17, 15) is 18.0 Å². The number of alkyl halides is 3. The van der Waals surface area contributed by atoms with Gasteiger partial charge in [-0.3, -0.25) is 4.79 Å². The van der Waals surface area contributed by atoms with Crippen molar-refractivity contribution in [3.8, 4) is 17.3 Å². The van der Waals surface area contributed by atoms with Crippen LogP contribution in [0, 0.1) is 0 Å². The van der Waals surface area contributed by atoms with Gasteiger partial charge in [-0.15, -0.1) is 10.2 Å². The standard InChI is InChI=1S/C21H17F3N9O3P/c22-20(23)35-14-2-1-5-32-13(14)8-12(30-32)16-15-10(25-9-26-15)3-6-31(16)19(34)18-28-27-17(36-18)11-4-7-33(29-11)21(24)37/h1-2,4-5,7-9,16,20-21H,3,6,37H2,(H,25,26)/t16-,21?/m0/s1. The molecule has 1 aliphatic heterocycles. The number of nitrogens with one attached hydrogen (secondary N) is 1. The van der Waals surface area contributed by atoms with Crippen LogP contribution in [0.2, 0.25) is 0 Å². The van der Waals surface area contributed by atoms with Crippen LogP contribution in [0.5, 0.6) is 5.75 Å². The maximum atomic E-state index is 13.5. The first-order valence-electron chi connectivity index (χ1n) is 10.9. The Morgan fingerprint density at radius 1 is 1.22 bits per heavy atom. The van der Waals surface area contributed by atoms with E-state index in [1.807, 2.05) is 9.24 Å². The highest BCUT2D eigenvalue weighted by atomic mass is 31.0. The molecule has 0 spiro atoms. The average Bonchev–Trinajstić information content (AvgIpc) is 3.67. The minimum atomic E-state index is -3.01.